The highest BCUT2D eigenvalue weighted by molar-refractivity contribution is 7.80. The Bertz CT molecular complexity index is 465. The van der Waals surface area contributed by atoms with Crippen molar-refractivity contribution in [1.29, 1.82) is 0 Å². The Balaban J connectivity index is 2.73. The summed E-state index contributed by atoms with van der Waals surface area (Å²) in [6.07, 6.45) is -1.85. The van der Waals surface area contributed by atoms with E-state index in [1.54, 1.807) is 24.3 Å². The normalized spacial score (nSPS) is 13.6. The van der Waals surface area contributed by atoms with Crippen LogP contribution in [0.2, 0.25) is 0 Å². The first-order valence-electron chi connectivity index (χ1n) is 5.92. The molecule has 0 saturated carbocycles. The van der Waals surface area contributed by atoms with Crippen LogP contribution in [-0.4, -0.2) is 33.8 Å². The molecule has 0 aliphatic rings. The molecule has 2 atom stereocenters. The first-order chi connectivity index (χ1) is 8.93. The molecule has 1 aromatic carbocycles. The van der Waals surface area contributed by atoms with Crippen LogP contribution in [0.15, 0.2) is 24.3 Å². The Hall–Kier alpha value is -1.50. The SMILES string of the molecule is CC(=O)NCCC(O)C(O)c1ccccc1C(N)=S. The fourth-order valence-electron chi connectivity index (χ4n) is 1.74. The molecule has 19 heavy (non-hydrogen) atoms. The number of hydrogen-bond donors (Lipinski definition) is 4. The van der Waals surface area contributed by atoms with Crippen LogP contribution in [0, 0.1) is 0 Å². The summed E-state index contributed by atoms with van der Waals surface area (Å²) in [4.78, 5) is 10.9. The second-order valence-corrected chi connectivity index (χ2v) is 4.68. The Labute approximate surface area is 117 Å². The molecule has 0 fully saturated rings. The molecule has 6 heteroatoms. The maximum absolute atomic E-state index is 10.7. The number of rotatable bonds is 6. The van der Waals surface area contributed by atoms with Crippen LogP contribution in [0.5, 0.6) is 0 Å². The average molecular weight is 282 g/mol. The lowest BCUT2D eigenvalue weighted by atomic mass is 9.97. The van der Waals surface area contributed by atoms with Crippen LogP contribution in [0.3, 0.4) is 0 Å². The van der Waals surface area contributed by atoms with E-state index in [4.69, 9.17) is 18.0 Å². The summed E-state index contributed by atoms with van der Waals surface area (Å²) in [7, 11) is 0. The second-order valence-electron chi connectivity index (χ2n) is 4.24. The summed E-state index contributed by atoms with van der Waals surface area (Å²) in [6, 6.07) is 6.86. The molecule has 5 nitrogen and oxygen atoms in total. The largest absolute Gasteiger partial charge is 0.390 e. The van der Waals surface area contributed by atoms with Gasteiger partial charge in [0.2, 0.25) is 5.91 Å². The van der Waals surface area contributed by atoms with E-state index in [0.29, 0.717) is 17.7 Å². The van der Waals surface area contributed by atoms with Gasteiger partial charge < -0.3 is 21.3 Å². The van der Waals surface area contributed by atoms with Gasteiger partial charge in [-0.1, -0.05) is 36.5 Å². The van der Waals surface area contributed by atoms with Crippen molar-refractivity contribution < 1.29 is 15.0 Å². The molecule has 1 rings (SSSR count). The maximum atomic E-state index is 10.7. The van der Waals surface area contributed by atoms with Crippen LogP contribution >= 0.6 is 12.2 Å². The first-order valence-corrected chi connectivity index (χ1v) is 6.33. The van der Waals surface area contributed by atoms with Gasteiger partial charge in [0, 0.05) is 19.0 Å². The Morgan fingerprint density at radius 2 is 2.05 bits per heavy atom. The Kier molecular flexibility index (Phi) is 5.88. The van der Waals surface area contributed by atoms with Gasteiger partial charge in [-0.3, -0.25) is 4.79 Å². The van der Waals surface area contributed by atoms with Crippen molar-refractivity contribution in [1.82, 2.24) is 5.32 Å². The van der Waals surface area contributed by atoms with E-state index < -0.39 is 12.2 Å². The molecule has 1 amide bonds. The predicted octanol–water partition coefficient (Wildman–Crippen LogP) is 0.241. The van der Waals surface area contributed by atoms with Crippen LogP contribution in [0.1, 0.15) is 30.6 Å². The van der Waals surface area contributed by atoms with E-state index in [9.17, 15) is 15.0 Å². The minimum Gasteiger partial charge on any atom is -0.390 e. The number of nitrogens with one attached hydrogen (secondary N) is 1. The van der Waals surface area contributed by atoms with Crippen LogP contribution in [-0.2, 0) is 4.79 Å². The zero-order chi connectivity index (χ0) is 14.4. The van der Waals surface area contributed by atoms with Crippen molar-refractivity contribution in [3.8, 4) is 0 Å². The minimum atomic E-state index is -1.09. The minimum absolute atomic E-state index is 0.170. The lowest BCUT2D eigenvalue weighted by Gasteiger charge is -2.20. The monoisotopic (exact) mass is 282 g/mol. The van der Waals surface area contributed by atoms with Crippen molar-refractivity contribution in [3.63, 3.8) is 0 Å². The standard InChI is InChI=1S/C13H18N2O3S/c1-8(16)15-7-6-11(17)12(18)9-4-2-3-5-10(9)13(14)19/h2-5,11-12,17-18H,6-7H2,1H3,(H2,14,19)(H,15,16). The summed E-state index contributed by atoms with van der Waals surface area (Å²) in [5, 5.41) is 22.6. The zero-order valence-corrected chi connectivity index (χ0v) is 11.5. The van der Waals surface area contributed by atoms with Gasteiger partial charge in [0.05, 0.1) is 6.10 Å². The van der Waals surface area contributed by atoms with Crippen molar-refractivity contribution in [2.24, 2.45) is 5.73 Å². The van der Waals surface area contributed by atoms with Gasteiger partial charge in [-0.05, 0) is 12.0 Å². The lowest BCUT2D eigenvalue weighted by Crippen LogP contribution is -2.28. The van der Waals surface area contributed by atoms with Gasteiger partial charge in [-0.2, -0.15) is 0 Å². The number of amides is 1. The highest BCUT2D eigenvalue weighted by atomic mass is 32.1. The fourth-order valence-corrected chi connectivity index (χ4v) is 1.93. The van der Waals surface area contributed by atoms with Crippen LogP contribution in [0.25, 0.3) is 0 Å². The third-order valence-corrected chi connectivity index (χ3v) is 2.94. The van der Waals surface area contributed by atoms with Crippen molar-refractivity contribution in [2.45, 2.75) is 25.6 Å². The van der Waals surface area contributed by atoms with Crippen molar-refractivity contribution in [3.05, 3.63) is 35.4 Å². The van der Waals surface area contributed by atoms with Gasteiger partial charge in [0.15, 0.2) is 0 Å². The van der Waals surface area contributed by atoms with Crippen LogP contribution in [0.4, 0.5) is 0 Å². The summed E-state index contributed by atoms with van der Waals surface area (Å²) in [5.41, 5.74) is 6.61. The van der Waals surface area contributed by atoms with Crippen molar-refractivity contribution in [2.75, 3.05) is 6.54 Å². The van der Waals surface area contributed by atoms with Crippen molar-refractivity contribution >= 4 is 23.1 Å². The number of carbonyl (C=O) groups is 1. The smallest absolute Gasteiger partial charge is 0.216 e. The number of aliphatic hydroxyl groups excluding tert-OH is 2. The van der Waals surface area contributed by atoms with E-state index in [1.165, 1.54) is 6.92 Å². The van der Waals surface area contributed by atoms with E-state index in [-0.39, 0.29) is 17.3 Å². The summed E-state index contributed by atoms with van der Waals surface area (Å²) in [6.45, 7) is 1.69. The van der Waals surface area contributed by atoms with Gasteiger partial charge in [-0.15, -0.1) is 0 Å². The molecule has 5 N–H and O–H groups in total. The molecule has 0 bridgehead atoms. The highest BCUT2D eigenvalue weighted by Crippen LogP contribution is 2.22. The number of thiocarbonyl (C=S) groups is 1. The van der Waals surface area contributed by atoms with E-state index in [0.717, 1.165) is 0 Å². The van der Waals surface area contributed by atoms with E-state index in [1.807, 2.05) is 0 Å². The first kappa shape index (κ1) is 15.6. The third-order valence-electron chi connectivity index (χ3n) is 2.72. The lowest BCUT2D eigenvalue weighted by molar-refractivity contribution is -0.119. The predicted molar refractivity (Wildman–Crippen MR) is 76.6 cm³/mol. The fraction of sp³-hybridized carbons (Fsp3) is 0.385. The molecular formula is C13H18N2O3S. The van der Waals surface area contributed by atoms with Gasteiger partial charge in [0.25, 0.3) is 0 Å². The molecular weight excluding hydrogens is 264 g/mol. The molecule has 0 saturated heterocycles. The summed E-state index contributed by atoms with van der Waals surface area (Å²) >= 11 is 4.91. The average Bonchev–Trinajstić information content (AvgIpc) is 2.37. The molecule has 1 aromatic rings. The molecule has 0 spiro atoms. The second kappa shape index (κ2) is 7.18. The maximum Gasteiger partial charge on any atom is 0.216 e. The zero-order valence-electron chi connectivity index (χ0n) is 10.7. The number of aliphatic hydroxyl groups is 2. The van der Waals surface area contributed by atoms with E-state index >= 15 is 0 Å². The van der Waals surface area contributed by atoms with Gasteiger partial charge in [0.1, 0.15) is 11.1 Å². The molecule has 0 aliphatic heterocycles. The molecule has 0 aromatic heterocycles. The van der Waals surface area contributed by atoms with Gasteiger partial charge in [-0.25, -0.2) is 0 Å². The van der Waals surface area contributed by atoms with Crippen LogP contribution < -0.4 is 11.1 Å². The number of benzene rings is 1. The number of hydrogen-bond acceptors (Lipinski definition) is 4. The summed E-state index contributed by atoms with van der Waals surface area (Å²) in [5.74, 6) is -0.176. The molecule has 2 unspecified atom stereocenters. The van der Waals surface area contributed by atoms with E-state index in [2.05, 4.69) is 5.32 Å². The highest BCUT2D eigenvalue weighted by Gasteiger charge is 2.21. The molecule has 0 radical (unpaired) electrons. The van der Waals surface area contributed by atoms with Gasteiger partial charge >= 0.3 is 0 Å². The Morgan fingerprint density at radius 3 is 2.63 bits per heavy atom. The molecule has 0 heterocycles. The third kappa shape index (κ3) is 4.59. The number of nitrogens with two attached hydrogens (primary N) is 1. The molecule has 104 valence electrons. The Morgan fingerprint density at radius 1 is 1.42 bits per heavy atom. The number of carbonyl (C=O) groups excluding carboxylic acids is 1. The molecule has 0 aliphatic carbocycles. The summed E-state index contributed by atoms with van der Waals surface area (Å²) < 4.78 is 0. The quantitative estimate of drug-likeness (QED) is 0.561. The topological polar surface area (TPSA) is 95.6 Å².